The first-order valence-corrected chi connectivity index (χ1v) is 5.46. The Morgan fingerprint density at radius 2 is 2.06 bits per heavy atom. The number of pyridine rings is 1. The summed E-state index contributed by atoms with van der Waals surface area (Å²) in [5.74, 6) is 0.999. The van der Waals surface area contributed by atoms with Crippen LogP contribution in [0.15, 0.2) is 12.4 Å². The first-order chi connectivity index (χ1) is 7.69. The zero-order chi connectivity index (χ0) is 11.7. The molecule has 0 unspecified atom stereocenters. The fraction of sp³-hybridized carbons (Fsp3) is 0.455. The lowest BCUT2D eigenvalue weighted by Gasteiger charge is -2.23. The van der Waals surface area contributed by atoms with E-state index in [0.29, 0.717) is 0 Å². The first kappa shape index (κ1) is 10.7. The van der Waals surface area contributed by atoms with Crippen molar-refractivity contribution < 1.29 is 5.11 Å². The van der Waals surface area contributed by atoms with Gasteiger partial charge in [0.2, 0.25) is 0 Å². The van der Waals surface area contributed by atoms with E-state index in [1.807, 2.05) is 26.8 Å². The van der Waals surface area contributed by atoms with Gasteiger partial charge in [-0.25, -0.2) is 4.98 Å². The van der Waals surface area contributed by atoms with Crippen LogP contribution in [0.2, 0.25) is 0 Å². The first-order valence-electron chi connectivity index (χ1n) is 5.46. The third kappa shape index (κ3) is 1.48. The summed E-state index contributed by atoms with van der Waals surface area (Å²) < 4.78 is 1.68. The predicted octanol–water partition coefficient (Wildman–Crippen LogP) is 1.59. The van der Waals surface area contributed by atoms with Gasteiger partial charge < -0.3 is 10.0 Å². The minimum atomic E-state index is 0.279. The van der Waals surface area contributed by atoms with Crippen LogP contribution in [0.25, 0.3) is 5.65 Å². The van der Waals surface area contributed by atoms with E-state index >= 15 is 0 Å². The lowest BCUT2D eigenvalue weighted by Crippen LogP contribution is -2.24. The summed E-state index contributed by atoms with van der Waals surface area (Å²) in [6.07, 6.45) is 1.50. The summed E-state index contributed by atoms with van der Waals surface area (Å²) in [6.45, 7) is 7.62. The highest BCUT2D eigenvalue weighted by Crippen LogP contribution is 2.30. The number of hydrogen-bond acceptors (Lipinski definition) is 4. The Kier molecular flexibility index (Phi) is 2.68. The molecule has 0 amide bonds. The smallest absolute Gasteiger partial charge is 0.175 e. The molecule has 5 nitrogen and oxygen atoms in total. The van der Waals surface area contributed by atoms with E-state index in [-0.39, 0.29) is 5.75 Å². The van der Waals surface area contributed by atoms with E-state index < -0.39 is 0 Å². The summed E-state index contributed by atoms with van der Waals surface area (Å²) in [6, 6.07) is 1.83. The molecule has 5 heteroatoms. The van der Waals surface area contributed by atoms with Crippen molar-refractivity contribution in [3.8, 4) is 5.75 Å². The van der Waals surface area contributed by atoms with Crippen molar-refractivity contribution in [2.75, 3.05) is 18.0 Å². The minimum absolute atomic E-state index is 0.279. The van der Waals surface area contributed by atoms with E-state index in [2.05, 4.69) is 15.0 Å². The van der Waals surface area contributed by atoms with Crippen LogP contribution in [0.3, 0.4) is 0 Å². The molecule has 0 aromatic carbocycles. The van der Waals surface area contributed by atoms with Crippen molar-refractivity contribution in [3.05, 3.63) is 18.0 Å². The summed E-state index contributed by atoms with van der Waals surface area (Å²) in [7, 11) is 0. The Bertz CT molecular complexity index is 502. The molecule has 1 N–H and O–H groups in total. The van der Waals surface area contributed by atoms with Crippen molar-refractivity contribution in [1.29, 1.82) is 0 Å². The highest BCUT2D eigenvalue weighted by molar-refractivity contribution is 5.62. The molecule has 2 rings (SSSR count). The van der Waals surface area contributed by atoms with E-state index in [0.717, 1.165) is 30.1 Å². The molecule has 0 aliphatic rings. The van der Waals surface area contributed by atoms with Gasteiger partial charge in [0.1, 0.15) is 6.33 Å². The second-order valence-corrected chi connectivity index (χ2v) is 3.70. The molecule has 0 aliphatic carbocycles. The van der Waals surface area contributed by atoms with Crippen LogP contribution in [0.5, 0.6) is 5.75 Å². The summed E-state index contributed by atoms with van der Waals surface area (Å²) >= 11 is 0. The maximum atomic E-state index is 10.1. The Balaban J connectivity index is 2.73. The lowest BCUT2D eigenvalue weighted by molar-refractivity contribution is 0.465. The number of aromatic hydroxyl groups is 1. The quantitative estimate of drug-likeness (QED) is 0.853. The van der Waals surface area contributed by atoms with Crippen molar-refractivity contribution in [1.82, 2.24) is 14.6 Å². The van der Waals surface area contributed by atoms with Gasteiger partial charge in [0.15, 0.2) is 17.2 Å². The monoisotopic (exact) mass is 220 g/mol. The molecule has 2 heterocycles. The van der Waals surface area contributed by atoms with Crippen molar-refractivity contribution in [2.45, 2.75) is 20.8 Å². The number of aryl methyl sites for hydroxylation is 1. The topological polar surface area (TPSA) is 53.7 Å². The zero-order valence-electron chi connectivity index (χ0n) is 9.80. The fourth-order valence-corrected chi connectivity index (χ4v) is 1.86. The van der Waals surface area contributed by atoms with Gasteiger partial charge in [-0.1, -0.05) is 0 Å². The van der Waals surface area contributed by atoms with Crippen molar-refractivity contribution in [2.24, 2.45) is 0 Å². The third-order valence-corrected chi connectivity index (χ3v) is 2.77. The van der Waals surface area contributed by atoms with Crippen LogP contribution >= 0.6 is 0 Å². The number of fused-ring (bicyclic) bond motifs is 1. The molecule has 2 aromatic heterocycles. The highest BCUT2D eigenvalue weighted by Gasteiger charge is 2.16. The maximum absolute atomic E-state index is 10.1. The van der Waals surface area contributed by atoms with Gasteiger partial charge in [0.25, 0.3) is 0 Å². The van der Waals surface area contributed by atoms with Crippen LogP contribution in [-0.2, 0) is 0 Å². The molecule has 0 radical (unpaired) electrons. The molecule has 0 saturated carbocycles. The van der Waals surface area contributed by atoms with Crippen LogP contribution in [0, 0.1) is 6.92 Å². The summed E-state index contributed by atoms with van der Waals surface area (Å²) in [4.78, 5) is 6.21. The second kappa shape index (κ2) is 4.00. The van der Waals surface area contributed by atoms with Crippen LogP contribution in [0.1, 0.15) is 19.4 Å². The predicted molar refractivity (Wildman–Crippen MR) is 62.9 cm³/mol. The molecule has 86 valence electrons. The molecule has 0 saturated heterocycles. The molecular formula is C11H16N4O. The molecule has 0 atom stereocenters. The molecule has 0 aliphatic heterocycles. The number of anilines is 1. The van der Waals surface area contributed by atoms with E-state index in [9.17, 15) is 5.11 Å². The summed E-state index contributed by atoms with van der Waals surface area (Å²) in [5, 5.41) is 14.3. The number of aromatic nitrogens is 3. The third-order valence-electron chi connectivity index (χ3n) is 2.77. The lowest BCUT2D eigenvalue weighted by atomic mass is 10.2. The van der Waals surface area contributed by atoms with Gasteiger partial charge in [-0.15, -0.1) is 0 Å². The standard InChI is InChI=1S/C11H16N4O/c1-4-14(5-2)11-10(16)8(3)6-9-12-7-13-15(9)11/h6-7,16H,4-5H2,1-3H3. The maximum Gasteiger partial charge on any atom is 0.175 e. The molecule has 0 fully saturated rings. The van der Waals surface area contributed by atoms with Gasteiger partial charge >= 0.3 is 0 Å². The average Bonchev–Trinajstić information content (AvgIpc) is 2.72. The van der Waals surface area contributed by atoms with Crippen molar-refractivity contribution >= 4 is 11.5 Å². The van der Waals surface area contributed by atoms with E-state index in [4.69, 9.17) is 0 Å². The van der Waals surface area contributed by atoms with Crippen LogP contribution in [0.4, 0.5) is 5.82 Å². The molecule has 16 heavy (non-hydrogen) atoms. The van der Waals surface area contributed by atoms with Crippen LogP contribution in [-0.4, -0.2) is 32.8 Å². The van der Waals surface area contributed by atoms with E-state index in [1.54, 1.807) is 4.52 Å². The average molecular weight is 220 g/mol. The fourth-order valence-electron chi connectivity index (χ4n) is 1.86. The summed E-state index contributed by atoms with van der Waals surface area (Å²) in [5.41, 5.74) is 1.58. The van der Waals surface area contributed by atoms with Crippen molar-refractivity contribution in [3.63, 3.8) is 0 Å². The Morgan fingerprint density at radius 1 is 1.38 bits per heavy atom. The molecule has 0 spiro atoms. The Labute approximate surface area is 94.3 Å². The number of rotatable bonds is 3. The number of hydrogen-bond donors (Lipinski definition) is 1. The van der Waals surface area contributed by atoms with Gasteiger partial charge in [-0.2, -0.15) is 9.61 Å². The normalized spacial score (nSPS) is 10.9. The van der Waals surface area contributed by atoms with Gasteiger partial charge in [0, 0.05) is 13.1 Å². The molecule has 2 aromatic rings. The molecular weight excluding hydrogens is 204 g/mol. The number of nitrogens with zero attached hydrogens (tertiary/aromatic N) is 4. The highest BCUT2D eigenvalue weighted by atomic mass is 16.3. The van der Waals surface area contributed by atoms with Gasteiger partial charge in [-0.05, 0) is 32.4 Å². The largest absolute Gasteiger partial charge is 0.504 e. The van der Waals surface area contributed by atoms with E-state index in [1.165, 1.54) is 6.33 Å². The van der Waals surface area contributed by atoms with Crippen LogP contribution < -0.4 is 4.90 Å². The SMILES string of the molecule is CCN(CC)c1c(O)c(C)cc2ncnn12. The van der Waals surface area contributed by atoms with Gasteiger partial charge in [-0.3, -0.25) is 0 Å². The zero-order valence-corrected chi connectivity index (χ0v) is 9.80. The Morgan fingerprint density at radius 3 is 2.69 bits per heavy atom. The van der Waals surface area contributed by atoms with Gasteiger partial charge in [0.05, 0.1) is 0 Å². The molecule has 0 bridgehead atoms. The second-order valence-electron chi connectivity index (χ2n) is 3.70. The minimum Gasteiger partial charge on any atom is -0.504 e. The Hall–Kier alpha value is -1.78.